The van der Waals surface area contributed by atoms with Crippen LogP contribution < -0.4 is 10.4 Å². The molecule has 2 aromatic carbocycles. The van der Waals surface area contributed by atoms with Gasteiger partial charge >= 0.3 is 0 Å². The van der Waals surface area contributed by atoms with Crippen molar-refractivity contribution in [2.75, 3.05) is 31.1 Å². The van der Waals surface area contributed by atoms with Gasteiger partial charge in [0.05, 0.1) is 11.6 Å². The summed E-state index contributed by atoms with van der Waals surface area (Å²) in [6.07, 6.45) is -0.0344. The van der Waals surface area contributed by atoms with Gasteiger partial charge in [-0.05, 0) is 43.9 Å². The van der Waals surface area contributed by atoms with Gasteiger partial charge in [0.1, 0.15) is 11.9 Å². The van der Waals surface area contributed by atoms with E-state index in [1.807, 2.05) is 36.1 Å². The first-order valence-electron chi connectivity index (χ1n) is 10.9. The number of amides is 2. The maximum absolute atomic E-state index is 14.1. The lowest BCUT2D eigenvalue weighted by molar-refractivity contribution is -0.150. The average Bonchev–Trinajstić information content (AvgIpc) is 2.82. The molecule has 2 aromatic rings. The molecule has 2 amide bonds. The van der Waals surface area contributed by atoms with Gasteiger partial charge in [0.15, 0.2) is 0 Å². The number of hydrogen-bond acceptors (Lipinski definition) is 5. The Labute approximate surface area is 187 Å². The number of aryl methyl sites for hydroxylation is 2. The maximum Gasteiger partial charge on any atom is 0.272 e. The van der Waals surface area contributed by atoms with Crippen LogP contribution in [-0.4, -0.2) is 59.3 Å². The first-order chi connectivity index (χ1) is 15.4. The monoisotopic (exact) mass is 443 g/mol. The highest BCUT2D eigenvalue weighted by atomic mass is 19.1. The second-order valence-electron chi connectivity index (χ2n) is 8.17. The summed E-state index contributed by atoms with van der Waals surface area (Å²) in [6, 6.07) is 14.6. The van der Waals surface area contributed by atoms with Crippen LogP contribution in [-0.2, 0) is 16.0 Å². The lowest BCUT2D eigenvalue weighted by atomic mass is 9.92. The van der Waals surface area contributed by atoms with Crippen LogP contribution in [0.5, 0.6) is 0 Å². The Hall–Kier alpha value is -2.97. The van der Waals surface area contributed by atoms with Gasteiger partial charge in [0.2, 0.25) is 5.91 Å². The molecule has 3 N–H and O–H groups in total. The molecule has 0 bridgehead atoms. The zero-order valence-corrected chi connectivity index (χ0v) is 18.2. The maximum atomic E-state index is 14.1. The van der Waals surface area contributed by atoms with E-state index in [4.69, 9.17) is 5.21 Å². The summed E-state index contributed by atoms with van der Waals surface area (Å²) in [7, 11) is 0. The van der Waals surface area contributed by atoms with Crippen LogP contribution in [0.2, 0.25) is 0 Å². The smallest absolute Gasteiger partial charge is 0.272 e. The number of halogens is 1. The van der Waals surface area contributed by atoms with Crippen molar-refractivity contribution in [3.8, 4) is 0 Å². The Morgan fingerprint density at radius 3 is 2.34 bits per heavy atom. The molecule has 7 nitrogen and oxygen atoms in total. The SMILES string of the molecule is Cc1ccc(CCC[C@@H](C(=O)N2CCN(c3ccccc3F)CC2)[C@H](O)C(=O)NO)cc1. The number of rotatable bonds is 8. The minimum absolute atomic E-state index is 0.300. The second kappa shape index (κ2) is 11.1. The molecule has 3 rings (SSSR count). The summed E-state index contributed by atoms with van der Waals surface area (Å²) >= 11 is 0. The number of aliphatic hydroxyl groups excluding tert-OH is 1. The minimum Gasteiger partial charge on any atom is -0.382 e. The largest absolute Gasteiger partial charge is 0.382 e. The first-order valence-corrected chi connectivity index (χ1v) is 10.9. The van der Waals surface area contributed by atoms with Crippen molar-refractivity contribution in [3.63, 3.8) is 0 Å². The number of carbonyl (C=O) groups excluding carboxylic acids is 2. The molecule has 0 spiro atoms. The van der Waals surface area contributed by atoms with Gasteiger partial charge in [0, 0.05) is 26.2 Å². The third-order valence-electron chi connectivity index (χ3n) is 5.96. The number of carbonyl (C=O) groups is 2. The van der Waals surface area contributed by atoms with Gasteiger partial charge < -0.3 is 14.9 Å². The van der Waals surface area contributed by atoms with Crippen LogP contribution in [0.4, 0.5) is 10.1 Å². The summed E-state index contributed by atoms with van der Waals surface area (Å²) in [4.78, 5) is 28.5. The Balaban J connectivity index is 1.62. The summed E-state index contributed by atoms with van der Waals surface area (Å²) in [5.74, 6) is -2.61. The summed E-state index contributed by atoms with van der Waals surface area (Å²) in [5.41, 5.74) is 4.21. The number of para-hydroxylation sites is 1. The van der Waals surface area contributed by atoms with Crippen LogP contribution in [0.15, 0.2) is 48.5 Å². The number of nitrogens with one attached hydrogen (secondary N) is 1. The standard InChI is InChI=1S/C24H30FN3O4/c1-17-9-11-18(12-10-17)5-4-6-19(22(29)23(30)26-32)24(31)28-15-13-27(14-16-28)21-8-3-2-7-20(21)25/h2-3,7-12,19,22,29,32H,4-6,13-16H2,1H3,(H,26,30)/t19-,22+/m1/s1. The number of benzene rings is 2. The fraction of sp³-hybridized carbons (Fsp3) is 0.417. The van der Waals surface area contributed by atoms with Crippen LogP contribution >= 0.6 is 0 Å². The predicted octanol–water partition coefficient (Wildman–Crippen LogP) is 2.29. The van der Waals surface area contributed by atoms with E-state index < -0.39 is 17.9 Å². The molecule has 1 heterocycles. The van der Waals surface area contributed by atoms with Gasteiger partial charge in [-0.15, -0.1) is 0 Å². The van der Waals surface area contributed by atoms with E-state index in [9.17, 15) is 19.1 Å². The van der Waals surface area contributed by atoms with E-state index in [1.165, 1.54) is 11.5 Å². The van der Waals surface area contributed by atoms with E-state index in [0.717, 1.165) is 11.1 Å². The zero-order valence-electron chi connectivity index (χ0n) is 18.2. The molecule has 2 atom stereocenters. The van der Waals surface area contributed by atoms with E-state index >= 15 is 0 Å². The van der Waals surface area contributed by atoms with Gasteiger partial charge in [-0.3, -0.25) is 14.8 Å². The van der Waals surface area contributed by atoms with E-state index in [2.05, 4.69) is 0 Å². The second-order valence-corrected chi connectivity index (χ2v) is 8.17. The molecule has 8 heteroatoms. The molecule has 1 aliphatic heterocycles. The van der Waals surface area contributed by atoms with Gasteiger partial charge in [-0.25, -0.2) is 9.87 Å². The summed E-state index contributed by atoms with van der Waals surface area (Å²) in [6.45, 7) is 3.62. The van der Waals surface area contributed by atoms with Crippen LogP contribution in [0.25, 0.3) is 0 Å². The Bertz CT molecular complexity index is 914. The number of piperazine rings is 1. The van der Waals surface area contributed by atoms with E-state index in [-0.39, 0.29) is 11.7 Å². The molecule has 0 unspecified atom stereocenters. The van der Waals surface area contributed by atoms with Crippen molar-refractivity contribution >= 4 is 17.5 Å². The topological polar surface area (TPSA) is 93.1 Å². The molecule has 0 radical (unpaired) electrons. The Kier molecular flexibility index (Phi) is 8.19. The minimum atomic E-state index is -1.64. The third kappa shape index (κ3) is 5.83. The number of hydrogen-bond donors (Lipinski definition) is 3. The lowest BCUT2D eigenvalue weighted by Gasteiger charge is -2.38. The van der Waals surface area contributed by atoms with Crippen LogP contribution in [0.1, 0.15) is 24.0 Å². The van der Waals surface area contributed by atoms with E-state index in [1.54, 1.807) is 23.1 Å². The van der Waals surface area contributed by atoms with Gasteiger partial charge in [-0.2, -0.15) is 0 Å². The molecule has 0 aromatic heterocycles. The highest BCUT2D eigenvalue weighted by molar-refractivity contribution is 5.88. The number of hydroxylamine groups is 1. The molecule has 1 aliphatic rings. The average molecular weight is 444 g/mol. The molecule has 0 aliphatic carbocycles. The van der Waals surface area contributed by atoms with Crippen molar-refractivity contribution < 1.29 is 24.3 Å². The Morgan fingerprint density at radius 2 is 1.72 bits per heavy atom. The number of aliphatic hydroxyl groups is 1. The van der Waals surface area contributed by atoms with Gasteiger partial charge in [-0.1, -0.05) is 42.0 Å². The molecule has 1 saturated heterocycles. The highest BCUT2D eigenvalue weighted by Gasteiger charge is 2.35. The quantitative estimate of drug-likeness (QED) is 0.430. The molecule has 32 heavy (non-hydrogen) atoms. The highest BCUT2D eigenvalue weighted by Crippen LogP contribution is 2.23. The fourth-order valence-corrected chi connectivity index (χ4v) is 4.06. The van der Waals surface area contributed by atoms with Crippen molar-refractivity contribution in [1.82, 2.24) is 10.4 Å². The van der Waals surface area contributed by atoms with Gasteiger partial charge in [0.25, 0.3) is 5.91 Å². The molecular formula is C24H30FN3O4. The number of nitrogens with zero attached hydrogens (tertiary/aromatic N) is 2. The molecule has 172 valence electrons. The fourth-order valence-electron chi connectivity index (χ4n) is 4.06. The normalized spacial score (nSPS) is 15.9. The summed E-state index contributed by atoms with van der Waals surface area (Å²) < 4.78 is 14.1. The van der Waals surface area contributed by atoms with E-state index in [0.29, 0.717) is 51.1 Å². The third-order valence-corrected chi connectivity index (χ3v) is 5.96. The summed E-state index contributed by atoms with van der Waals surface area (Å²) in [5, 5.41) is 19.3. The number of anilines is 1. The van der Waals surface area contributed by atoms with Crippen molar-refractivity contribution in [2.45, 2.75) is 32.3 Å². The van der Waals surface area contributed by atoms with Crippen LogP contribution in [0, 0.1) is 18.7 Å². The molecule has 1 fully saturated rings. The lowest BCUT2D eigenvalue weighted by Crippen LogP contribution is -2.53. The molecular weight excluding hydrogens is 413 g/mol. The predicted molar refractivity (Wildman–Crippen MR) is 119 cm³/mol. The Morgan fingerprint density at radius 1 is 1.06 bits per heavy atom. The van der Waals surface area contributed by atoms with Crippen molar-refractivity contribution in [2.24, 2.45) is 5.92 Å². The zero-order chi connectivity index (χ0) is 23.1. The molecule has 0 saturated carbocycles. The van der Waals surface area contributed by atoms with Crippen LogP contribution in [0.3, 0.4) is 0 Å². The first kappa shape index (κ1) is 23.7. The van der Waals surface area contributed by atoms with Crippen molar-refractivity contribution in [1.29, 1.82) is 0 Å². The van der Waals surface area contributed by atoms with Crippen molar-refractivity contribution in [3.05, 3.63) is 65.5 Å².